The molecule has 0 spiro atoms. The molecule has 2 N–H and O–H groups in total. The summed E-state index contributed by atoms with van der Waals surface area (Å²) in [6.45, 7) is 0. The Hall–Kier alpha value is -0.380. The van der Waals surface area contributed by atoms with Crippen molar-refractivity contribution < 1.29 is 4.21 Å². The van der Waals surface area contributed by atoms with Crippen LogP contribution in [-0.2, 0) is 17.4 Å². The van der Waals surface area contributed by atoms with Crippen LogP contribution in [0.3, 0.4) is 0 Å². The molecular weight excluding hydrogens is 194 g/mol. The van der Waals surface area contributed by atoms with Crippen molar-refractivity contribution in [3.8, 4) is 0 Å². The molecule has 0 saturated heterocycles. The van der Waals surface area contributed by atoms with E-state index in [0.717, 1.165) is 5.56 Å². The van der Waals surface area contributed by atoms with E-state index in [1.165, 1.54) is 0 Å². The largest absolute Gasteiger partial charge is 0.252 e. The molecule has 0 aliphatic carbocycles. The van der Waals surface area contributed by atoms with E-state index in [0.29, 0.717) is 17.2 Å². The topological polar surface area (TPSA) is 43.1 Å². The SMILES string of the molecule is N[S@](=O)CCc1ccccc1Cl. The summed E-state index contributed by atoms with van der Waals surface area (Å²) in [5.74, 6) is 0.462. The van der Waals surface area contributed by atoms with Gasteiger partial charge in [0.2, 0.25) is 0 Å². The molecule has 0 bridgehead atoms. The fourth-order valence-corrected chi connectivity index (χ4v) is 1.56. The van der Waals surface area contributed by atoms with E-state index in [2.05, 4.69) is 0 Å². The van der Waals surface area contributed by atoms with Gasteiger partial charge in [-0.05, 0) is 18.1 Å². The molecule has 1 rings (SSSR count). The summed E-state index contributed by atoms with van der Waals surface area (Å²) in [4.78, 5) is 0. The maximum Gasteiger partial charge on any atom is 0.0891 e. The van der Waals surface area contributed by atoms with E-state index >= 15 is 0 Å². The van der Waals surface area contributed by atoms with E-state index < -0.39 is 11.0 Å². The lowest BCUT2D eigenvalue weighted by Crippen LogP contribution is -2.09. The maximum absolute atomic E-state index is 10.6. The second kappa shape index (κ2) is 4.60. The zero-order chi connectivity index (χ0) is 8.97. The highest BCUT2D eigenvalue weighted by molar-refractivity contribution is 7.82. The van der Waals surface area contributed by atoms with Crippen molar-refractivity contribution in [1.29, 1.82) is 0 Å². The molecule has 12 heavy (non-hydrogen) atoms. The van der Waals surface area contributed by atoms with Crippen molar-refractivity contribution in [2.24, 2.45) is 5.14 Å². The molecule has 1 aromatic rings. The lowest BCUT2D eigenvalue weighted by molar-refractivity contribution is 0.683. The molecule has 1 aromatic carbocycles. The van der Waals surface area contributed by atoms with E-state index in [1.54, 1.807) is 0 Å². The summed E-state index contributed by atoms with van der Waals surface area (Å²) in [7, 11) is -1.23. The minimum absolute atomic E-state index is 0.462. The van der Waals surface area contributed by atoms with E-state index in [1.807, 2.05) is 24.3 Å². The third-order valence-electron chi connectivity index (χ3n) is 1.53. The molecule has 0 unspecified atom stereocenters. The average Bonchev–Trinajstić information content (AvgIpc) is 2.03. The summed E-state index contributed by atoms with van der Waals surface area (Å²) < 4.78 is 10.6. The lowest BCUT2D eigenvalue weighted by atomic mass is 10.2. The zero-order valence-electron chi connectivity index (χ0n) is 6.50. The van der Waals surface area contributed by atoms with Gasteiger partial charge in [0.25, 0.3) is 0 Å². The van der Waals surface area contributed by atoms with Crippen LogP contribution in [0.4, 0.5) is 0 Å². The normalized spacial score (nSPS) is 12.8. The van der Waals surface area contributed by atoms with Crippen LogP contribution in [0.2, 0.25) is 5.02 Å². The molecule has 0 fully saturated rings. The standard InChI is InChI=1S/C8H10ClNOS/c9-8-4-2-1-3-7(8)5-6-12(10)11/h1-4H,5-6,10H2/t12-/m1/s1. The highest BCUT2D eigenvalue weighted by Crippen LogP contribution is 2.15. The van der Waals surface area contributed by atoms with E-state index in [-0.39, 0.29) is 0 Å². The van der Waals surface area contributed by atoms with Crippen LogP contribution < -0.4 is 5.14 Å². The zero-order valence-corrected chi connectivity index (χ0v) is 8.07. The van der Waals surface area contributed by atoms with Crippen LogP contribution >= 0.6 is 11.6 Å². The van der Waals surface area contributed by atoms with E-state index in [4.69, 9.17) is 16.7 Å². The number of nitrogens with two attached hydrogens (primary N) is 1. The minimum atomic E-state index is -1.23. The molecule has 0 aromatic heterocycles. The van der Waals surface area contributed by atoms with Gasteiger partial charge in [-0.3, -0.25) is 5.14 Å². The number of benzene rings is 1. The lowest BCUT2D eigenvalue weighted by Gasteiger charge is -2.00. The first-order chi connectivity index (χ1) is 5.70. The molecule has 0 aliphatic heterocycles. The van der Waals surface area contributed by atoms with Gasteiger partial charge < -0.3 is 0 Å². The summed E-state index contributed by atoms with van der Waals surface area (Å²) in [5, 5.41) is 5.83. The Kier molecular flexibility index (Phi) is 3.72. The van der Waals surface area contributed by atoms with Gasteiger partial charge in [-0.1, -0.05) is 29.8 Å². The molecular formula is C8H10ClNOS. The predicted octanol–water partition coefficient (Wildman–Crippen LogP) is 1.50. The Balaban J connectivity index is 2.63. The molecule has 0 radical (unpaired) electrons. The first-order valence-electron chi connectivity index (χ1n) is 3.56. The second-order valence-corrected chi connectivity index (χ2v) is 4.00. The average molecular weight is 204 g/mol. The van der Waals surface area contributed by atoms with Crippen LogP contribution in [0.5, 0.6) is 0 Å². The summed E-state index contributed by atoms with van der Waals surface area (Å²) >= 11 is 5.87. The summed E-state index contributed by atoms with van der Waals surface area (Å²) in [6.07, 6.45) is 0.669. The smallest absolute Gasteiger partial charge is 0.0891 e. The Morgan fingerprint density at radius 2 is 2.08 bits per heavy atom. The quantitative estimate of drug-likeness (QED) is 0.795. The van der Waals surface area contributed by atoms with Crippen molar-refractivity contribution >= 4 is 22.6 Å². The Bertz CT molecular complexity index is 290. The fraction of sp³-hybridized carbons (Fsp3) is 0.250. The molecule has 0 aliphatic rings. The number of halogens is 1. The van der Waals surface area contributed by atoms with Gasteiger partial charge >= 0.3 is 0 Å². The van der Waals surface area contributed by atoms with Crippen molar-refractivity contribution in [2.45, 2.75) is 6.42 Å². The van der Waals surface area contributed by atoms with E-state index in [9.17, 15) is 4.21 Å². The van der Waals surface area contributed by atoms with Gasteiger partial charge in [0, 0.05) is 10.8 Å². The predicted molar refractivity (Wildman–Crippen MR) is 52.4 cm³/mol. The molecule has 1 atom stereocenters. The maximum atomic E-state index is 10.6. The minimum Gasteiger partial charge on any atom is -0.252 e. The van der Waals surface area contributed by atoms with Crippen LogP contribution in [0.15, 0.2) is 24.3 Å². The monoisotopic (exact) mass is 203 g/mol. The summed E-state index contributed by atoms with van der Waals surface area (Å²) in [5.41, 5.74) is 0.998. The van der Waals surface area contributed by atoms with Crippen LogP contribution in [-0.4, -0.2) is 9.96 Å². The van der Waals surface area contributed by atoms with Gasteiger partial charge in [0.05, 0.1) is 11.0 Å². The first kappa shape index (κ1) is 9.71. The van der Waals surface area contributed by atoms with Crippen LogP contribution in [0.1, 0.15) is 5.56 Å². The molecule has 2 nitrogen and oxygen atoms in total. The van der Waals surface area contributed by atoms with Gasteiger partial charge in [0.15, 0.2) is 0 Å². The Morgan fingerprint density at radius 3 is 2.67 bits per heavy atom. The van der Waals surface area contributed by atoms with Gasteiger partial charge in [-0.2, -0.15) is 0 Å². The Labute approximate surface area is 79.3 Å². The number of rotatable bonds is 3. The van der Waals surface area contributed by atoms with Crippen molar-refractivity contribution in [2.75, 3.05) is 5.75 Å². The number of aryl methyl sites for hydroxylation is 1. The van der Waals surface area contributed by atoms with Gasteiger partial charge in [0.1, 0.15) is 0 Å². The van der Waals surface area contributed by atoms with Crippen molar-refractivity contribution in [3.05, 3.63) is 34.9 Å². The number of hydrogen-bond donors (Lipinski definition) is 1. The third kappa shape index (κ3) is 2.93. The van der Waals surface area contributed by atoms with Gasteiger partial charge in [-0.15, -0.1) is 0 Å². The molecule has 0 saturated carbocycles. The fourth-order valence-electron chi connectivity index (χ4n) is 0.912. The third-order valence-corrected chi connectivity index (χ3v) is 2.51. The summed E-state index contributed by atoms with van der Waals surface area (Å²) in [6, 6.07) is 7.50. The van der Waals surface area contributed by atoms with Crippen molar-refractivity contribution in [3.63, 3.8) is 0 Å². The second-order valence-electron chi connectivity index (χ2n) is 2.43. The van der Waals surface area contributed by atoms with Crippen LogP contribution in [0, 0.1) is 0 Å². The first-order valence-corrected chi connectivity index (χ1v) is 5.32. The Morgan fingerprint density at radius 1 is 1.42 bits per heavy atom. The molecule has 0 heterocycles. The van der Waals surface area contributed by atoms with Gasteiger partial charge in [-0.25, -0.2) is 4.21 Å². The number of hydrogen-bond acceptors (Lipinski definition) is 1. The highest BCUT2D eigenvalue weighted by Gasteiger charge is 1.99. The van der Waals surface area contributed by atoms with Crippen molar-refractivity contribution in [1.82, 2.24) is 0 Å². The molecule has 66 valence electrons. The highest BCUT2D eigenvalue weighted by atomic mass is 35.5. The van der Waals surface area contributed by atoms with Crippen LogP contribution in [0.25, 0.3) is 0 Å². The molecule has 0 amide bonds. The molecule has 4 heteroatoms.